The highest BCUT2D eigenvalue weighted by Crippen LogP contribution is 2.16. The summed E-state index contributed by atoms with van der Waals surface area (Å²) >= 11 is 0. The summed E-state index contributed by atoms with van der Waals surface area (Å²) in [6.07, 6.45) is 0.302. The van der Waals surface area contributed by atoms with Crippen molar-refractivity contribution in [1.82, 2.24) is 10.2 Å². The van der Waals surface area contributed by atoms with Crippen molar-refractivity contribution in [3.63, 3.8) is 0 Å². The highest BCUT2D eigenvalue weighted by Gasteiger charge is 2.09. The first-order chi connectivity index (χ1) is 8.52. The summed E-state index contributed by atoms with van der Waals surface area (Å²) in [6, 6.07) is 2.13. The molecule has 18 heavy (non-hydrogen) atoms. The first-order valence-electron chi connectivity index (χ1n) is 6.56. The Morgan fingerprint density at radius 1 is 1.44 bits per heavy atom. The molecule has 0 aliphatic heterocycles. The molecule has 1 N–H and O–H groups in total. The molecule has 4 nitrogen and oxygen atoms in total. The number of nitrogens with zero attached hydrogens (tertiary/aromatic N) is 1. The van der Waals surface area contributed by atoms with E-state index in [0.717, 1.165) is 37.8 Å². The monoisotopic (exact) mass is 254 g/mol. The fourth-order valence-corrected chi connectivity index (χ4v) is 1.82. The van der Waals surface area contributed by atoms with Gasteiger partial charge in [0.15, 0.2) is 0 Å². The molecule has 1 aromatic heterocycles. The Morgan fingerprint density at radius 2 is 2.17 bits per heavy atom. The molecule has 0 fully saturated rings. The van der Waals surface area contributed by atoms with Crippen molar-refractivity contribution in [3.8, 4) is 0 Å². The highest BCUT2D eigenvalue weighted by atomic mass is 16.5. The Bertz CT molecular complexity index is 348. The minimum Gasteiger partial charge on any atom is -0.465 e. The Kier molecular flexibility index (Phi) is 6.39. The van der Waals surface area contributed by atoms with Gasteiger partial charge in [-0.2, -0.15) is 0 Å². The third-order valence-electron chi connectivity index (χ3n) is 2.79. The van der Waals surface area contributed by atoms with Gasteiger partial charge in [-0.3, -0.25) is 4.90 Å². The second kappa shape index (κ2) is 7.56. The minimum absolute atomic E-state index is 0.302. The Balaban J connectivity index is 2.41. The number of hydrogen-bond donors (Lipinski definition) is 1. The lowest BCUT2D eigenvalue weighted by atomic mass is 10.2. The lowest BCUT2D eigenvalue weighted by molar-refractivity contribution is 0.0626. The van der Waals surface area contributed by atoms with E-state index in [1.54, 1.807) is 0 Å². The molecule has 1 heterocycles. The van der Waals surface area contributed by atoms with Crippen LogP contribution in [0.4, 0.5) is 0 Å². The summed E-state index contributed by atoms with van der Waals surface area (Å²) in [5, 5.41) is 3.10. The number of ether oxygens (including phenoxy) is 1. The number of aryl methyl sites for hydroxylation is 1. The summed E-state index contributed by atoms with van der Waals surface area (Å²) in [5.41, 5.74) is 1.26. The molecule has 0 spiro atoms. The number of likely N-dealkylation sites (N-methyl/N-ethyl adjacent to an activating group) is 1. The van der Waals surface area contributed by atoms with Crippen LogP contribution in [0.5, 0.6) is 0 Å². The van der Waals surface area contributed by atoms with Crippen LogP contribution in [0.1, 0.15) is 30.9 Å². The van der Waals surface area contributed by atoms with E-state index in [2.05, 4.69) is 37.2 Å². The first-order valence-corrected chi connectivity index (χ1v) is 6.56. The second-order valence-electron chi connectivity index (χ2n) is 4.98. The number of rotatable bonds is 8. The Labute approximate surface area is 110 Å². The van der Waals surface area contributed by atoms with Crippen molar-refractivity contribution in [2.75, 3.05) is 27.2 Å². The van der Waals surface area contributed by atoms with Crippen molar-refractivity contribution in [3.05, 3.63) is 23.2 Å². The fourth-order valence-electron chi connectivity index (χ4n) is 1.82. The van der Waals surface area contributed by atoms with E-state index in [-0.39, 0.29) is 0 Å². The van der Waals surface area contributed by atoms with Crippen LogP contribution in [-0.2, 0) is 17.8 Å². The van der Waals surface area contributed by atoms with Gasteiger partial charge in [0, 0.05) is 18.7 Å². The van der Waals surface area contributed by atoms with Gasteiger partial charge in [-0.25, -0.2) is 0 Å². The number of hydrogen-bond acceptors (Lipinski definition) is 4. The third kappa shape index (κ3) is 5.21. The van der Waals surface area contributed by atoms with E-state index >= 15 is 0 Å². The zero-order valence-corrected chi connectivity index (χ0v) is 12.2. The molecule has 0 aliphatic rings. The molecule has 0 aliphatic carbocycles. The predicted molar refractivity (Wildman–Crippen MR) is 73.6 cm³/mol. The van der Waals surface area contributed by atoms with E-state index in [1.807, 2.05) is 14.0 Å². The standard InChI is InChI=1S/C14H26N2O2/c1-11(2)17-7-6-16(5)10-13-8-14(9-15-4)18-12(13)3/h8,11,15H,6-7,9-10H2,1-5H3. The van der Waals surface area contributed by atoms with Crippen molar-refractivity contribution < 1.29 is 9.15 Å². The van der Waals surface area contributed by atoms with Gasteiger partial charge < -0.3 is 14.5 Å². The largest absolute Gasteiger partial charge is 0.465 e. The summed E-state index contributed by atoms with van der Waals surface area (Å²) < 4.78 is 11.2. The summed E-state index contributed by atoms with van der Waals surface area (Å²) in [4.78, 5) is 2.25. The lowest BCUT2D eigenvalue weighted by Gasteiger charge is -2.17. The average Bonchev–Trinajstić information content (AvgIpc) is 2.59. The number of furan rings is 1. The summed E-state index contributed by atoms with van der Waals surface area (Å²) in [6.45, 7) is 9.53. The number of nitrogens with one attached hydrogen (secondary N) is 1. The third-order valence-corrected chi connectivity index (χ3v) is 2.79. The zero-order valence-electron chi connectivity index (χ0n) is 12.2. The molecule has 0 atom stereocenters. The molecule has 104 valence electrons. The molecule has 0 saturated heterocycles. The van der Waals surface area contributed by atoms with Crippen LogP contribution in [-0.4, -0.2) is 38.3 Å². The van der Waals surface area contributed by atoms with E-state index in [4.69, 9.17) is 9.15 Å². The fraction of sp³-hybridized carbons (Fsp3) is 0.714. The van der Waals surface area contributed by atoms with Gasteiger partial charge in [0.05, 0.1) is 19.3 Å². The quantitative estimate of drug-likeness (QED) is 0.771. The Morgan fingerprint density at radius 3 is 2.78 bits per heavy atom. The molecule has 0 unspecified atom stereocenters. The van der Waals surface area contributed by atoms with E-state index < -0.39 is 0 Å². The van der Waals surface area contributed by atoms with Crippen LogP contribution in [0.2, 0.25) is 0 Å². The first kappa shape index (κ1) is 15.2. The van der Waals surface area contributed by atoms with Crippen molar-refractivity contribution in [2.45, 2.75) is 40.0 Å². The SMILES string of the molecule is CNCc1cc(CN(C)CCOC(C)C)c(C)o1. The normalized spacial score (nSPS) is 11.7. The maximum absolute atomic E-state index is 5.68. The van der Waals surface area contributed by atoms with E-state index in [0.29, 0.717) is 6.10 Å². The molecule has 0 saturated carbocycles. The van der Waals surface area contributed by atoms with E-state index in [1.165, 1.54) is 5.56 Å². The molecular formula is C14H26N2O2. The highest BCUT2D eigenvalue weighted by molar-refractivity contribution is 5.20. The van der Waals surface area contributed by atoms with Crippen molar-refractivity contribution in [2.24, 2.45) is 0 Å². The molecule has 0 amide bonds. The summed E-state index contributed by atoms with van der Waals surface area (Å²) in [5.74, 6) is 2.01. The summed E-state index contributed by atoms with van der Waals surface area (Å²) in [7, 11) is 4.03. The second-order valence-corrected chi connectivity index (χ2v) is 4.98. The molecule has 1 rings (SSSR count). The zero-order chi connectivity index (χ0) is 13.5. The van der Waals surface area contributed by atoms with Gasteiger partial charge in [0.1, 0.15) is 11.5 Å². The van der Waals surface area contributed by atoms with Gasteiger partial charge >= 0.3 is 0 Å². The van der Waals surface area contributed by atoms with Crippen LogP contribution in [0, 0.1) is 6.92 Å². The predicted octanol–water partition coefficient (Wildman–Crippen LogP) is 2.16. The van der Waals surface area contributed by atoms with Gasteiger partial charge in [0.2, 0.25) is 0 Å². The smallest absolute Gasteiger partial charge is 0.118 e. The Hall–Kier alpha value is -0.840. The topological polar surface area (TPSA) is 37.6 Å². The van der Waals surface area contributed by atoms with Crippen LogP contribution in [0.3, 0.4) is 0 Å². The van der Waals surface area contributed by atoms with Crippen LogP contribution >= 0.6 is 0 Å². The minimum atomic E-state index is 0.302. The van der Waals surface area contributed by atoms with Crippen LogP contribution in [0.25, 0.3) is 0 Å². The van der Waals surface area contributed by atoms with Gasteiger partial charge in [-0.05, 0) is 40.9 Å². The van der Waals surface area contributed by atoms with Gasteiger partial charge in [0.25, 0.3) is 0 Å². The van der Waals surface area contributed by atoms with Gasteiger partial charge in [-0.15, -0.1) is 0 Å². The molecule has 4 heteroatoms. The maximum Gasteiger partial charge on any atom is 0.118 e. The molecular weight excluding hydrogens is 228 g/mol. The van der Waals surface area contributed by atoms with Crippen molar-refractivity contribution >= 4 is 0 Å². The lowest BCUT2D eigenvalue weighted by Crippen LogP contribution is -2.24. The maximum atomic E-state index is 5.68. The van der Waals surface area contributed by atoms with Crippen LogP contribution < -0.4 is 5.32 Å². The molecule has 0 aromatic carbocycles. The van der Waals surface area contributed by atoms with Crippen LogP contribution in [0.15, 0.2) is 10.5 Å². The van der Waals surface area contributed by atoms with E-state index in [9.17, 15) is 0 Å². The molecule has 1 aromatic rings. The average molecular weight is 254 g/mol. The molecule has 0 radical (unpaired) electrons. The van der Waals surface area contributed by atoms with Gasteiger partial charge in [-0.1, -0.05) is 0 Å². The molecule has 0 bridgehead atoms. The van der Waals surface area contributed by atoms with Crippen molar-refractivity contribution in [1.29, 1.82) is 0 Å².